The smallest absolute Gasteiger partial charge is 0.191 e. The molecular weight excluding hydrogens is 463 g/mol. The van der Waals surface area contributed by atoms with Gasteiger partial charge in [-0.15, -0.1) is 24.0 Å². The maximum Gasteiger partial charge on any atom is 0.191 e. The highest BCUT2D eigenvalue weighted by Crippen LogP contribution is 2.48. The summed E-state index contributed by atoms with van der Waals surface area (Å²) >= 11 is 6.14. The average Bonchev–Trinajstić information content (AvgIpc) is 3.24. The lowest BCUT2D eigenvalue weighted by molar-refractivity contribution is 0.372. The van der Waals surface area contributed by atoms with Crippen LogP contribution in [0.2, 0.25) is 5.02 Å². The molecule has 7 heteroatoms. The van der Waals surface area contributed by atoms with E-state index in [1.165, 1.54) is 5.56 Å². The Labute approximate surface area is 177 Å². The second-order valence-corrected chi connectivity index (χ2v) is 7.38. The van der Waals surface area contributed by atoms with Gasteiger partial charge < -0.3 is 15.2 Å². The van der Waals surface area contributed by atoms with Crippen LogP contribution in [0, 0.1) is 0 Å². The second-order valence-electron chi connectivity index (χ2n) is 6.94. The first-order chi connectivity index (χ1) is 12.0. The van der Waals surface area contributed by atoms with Gasteiger partial charge in [0.05, 0.1) is 12.2 Å². The van der Waals surface area contributed by atoms with Crippen molar-refractivity contribution in [1.29, 1.82) is 0 Å². The number of aromatic nitrogens is 1. The van der Waals surface area contributed by atoms with Crippen molar-refractivity contribution >= 4 is 41.5 Å². The summed E-state index contributed by atoms with van der Waals surface area (Å²) in [5, 5.41) is 11.6. The molecular formula is C19H26ClIN4O. The molecule has 1 saturated carbocycles. The van der Waals surface area contributed by atoms with E-state index in [2.05, 4.69) is 46.8 Å². The maximum absolute atomic E-state index is 6.14. The summed E-state index contributed by atoms with van der Waals surface area (Å²) in [5.41, 5.74) is 2.43. The molecule has 0 saturated heterocycles. The van der Waals surface area contributed by atoms with Crippen LogP contribution in [0.25, 0.3) is 0 Å². The topological polar surface area (TPSA) is 62.5 Å². The normalized spacial score (nSPS) is 15.5. The summed E-state index contributed by atoms with van der Waals surface area (Å²) in [5.74, 6) is 1.93. The van der Waals surface area contributed by atoms with Gasteiger partial charge in [0, 0.05) is 30.1 Å². The van der Waals surface area contributed by atoms with Crippen molar-refractivity contribution in [2.24, 2.45) is 4.99 Å². The van der Waals surface area contributed by atoms with Crippen LogP contribution in [0.4, 0.5) is 0 Å². The Morgan fingerprint density at radius 2 is 2.08 bits per heavy atom. The lowest BCUT2D eigenvalue weighted by Gasteiger charge is -2.19. The number of rotatable bonds is 6. The van der Waals surface area contributed by atoms with Gasteiger partial charge in [-0.05, 0) is 36.5 Å². The zero-order valence-corrected chi connectivity index (χ0v) is 18.5. The van der Waals surface area contributed by atoms with Crippen LogP contribution in [0.5, 0.6) is 0 Å². The van der Waals surface area contributed by atoms with Crippen LogP contribution in [-0.4, -0.2) is 24.7 Å². The third-order valence-electron chi connectivity index (χ3n) is 4.71. The summed E-state index contributed by atoms with van der Waals surface area (Å²) in [6.45, 7) is 5.59. The molecule has 3 rings (SSSR count). The molecule has 0 amide bonds. The van der Waals surface area contributed by atoms with Crippen LogP contribution in [0.3, 0.4) is 0 Å². The molecule has 0 spiro atoms. The monoisotopic (exact) mass is 488 g/mol. The highest BCUT2D eigenvalue weighted by atomic mass is 127. The van der Waals surface area contributed by atoms with Crippen molar-refractivity contribution in [3.05, 3.63) is 52.4 Å². The first-order valence-corrected chi connectivity index (χ1v) is 9.06. The molecule has 1 fully saturated rings. The molecule has 26 heavy (non-hydrogen) atoms. The van der Waals surface area contributed by atoms with Crippen molar-refractivity contribution in [3.8, 4) is 0 Å². The highest BCUT2D eigenvalue weighted by Gasteiger charge is 2.44. The fraction of sp³-hybridized carbons (Fsp3) is 0.474. The minimum Gasteiger partial charge on any atom is -0.359 e. The molecule has 0 bridgehead atoms. The molecule has 0 radical (unpaired) electrons. The molecule has 0 aliphatic heterocycles. The lowest BCUT2D eigenvalue weighted by atomic mass is 9.96. The lowest BCUT2D eigenvalue weighted by Crippen LogP contribution is -2.40. The molecule has 2 aromatic rings. The van der Waals surface area contributed by atoms with E-state index in [-0.39, 0.29) is 29.4 Å². The number of aliphatic imine (C=N–C) groups is 1. The summed E-state index contributed by atoms with van der Waals surface area (Å²) in [6.07, 6.45) is 2.33. The number of nitrogens with one attached hydrogen (secondary N) is 2. The van der Waals surface area contributed by atoms with Crippen LogP contribution < -0.4 is 10.6 Å². The Kier molecular flexibility index (Phi) is 7.34. The number of halogens is 2. The minimum absolute atomic E-state index is 0. The van der Waals surface area contributed by atoms with E-state index in [1.807, 2.05) is 18.2 Å². The Balaban J connectivity index is 0.00000243. The third-order valence-corrected chi connectivity index (χ3v) is 4.94. The Hall–Kier alpha value is -1.28. The van der Waals surface area contributed by atoms with E-state index in [0.29, 0.717) is 12.5 Å². The summed E-state index contributed by atoms with van der Waals surface area (Å²) in [6, 6.07) is 10.1. The summed E-state index contributed by atoms with van der Waals surface area (Å²) < 4.78 is 5.35. The Morgan fingerprint density at radius 3 is 2.65 bits per heavy atom. The van der Waals surface area contributed by atoms with E-state index in [0.717, 1.165) is 41.8 Å². The van der Waals surface area contributed by atoms with E-state index >= 15 is 0 Å². The second kappa shape index (κ2) is 9.08. The van der Waals surface area contributed by atoms with Crippen molar-refractivity contribution in [2.45, 2.75) is 44.6 Å². The summed E-state index contributed by atoms with van der Waals surface area (Å²) in [4.78, 5) is 4.29. The van der Waals surface area contributed by atoms with Crippen LogP contribution >= 0.6 is 35.6 Å². The zero-order valence-electron chi connectivity index (χ0n) is 15.4. The van der Waals surface area contributed by atoms with Crippen molar-refractivity contribution in [2.75, 3.05) is 13.6 Å². The number of nitrogens with zero attached hydrogens (tertiary/aromatic N) is 2. The first kappa shape index (κ1) is 21.0. The first-order valence-electron chi connectivity index (χ1n) is 8.68. The van der Waals surface area contributed by atoms with Gasteiger partial charge in [-0.1, -0.05) is 42.7 Å². The third kappa shape index (κ3) is 5.13. The Bertz CT molecular complexity index is 756. The molecule has 5 nitrogen and oxygen atoms in total. The molecule has 1 aromatic carbocycles. The van der Waals surface area contributed by atoms with Crippen molar-refractivity contribution < 1.29 is 4.52 Å². The van der Waals surface area contributed by atoms with Gasteiger partial charge in [-0.3, -0.25) is 4.99 Å². The fourth-order valence-corrected chi connectivity index (χ4v) is 3.06. The molecule has 1 heterocycles. The SMILES string of the molecule is CN=C(NCc1cc(C(C)C)no1)NCC1(c2cccc(Cl)c2)CC1.I. The zero-order chi connectivity index (χ0) is 17.9. The Morgan fingerprint density at radius 1 is 1.31 bits per heavy atom. The average molecular weight is 489 g/mol. The molecule has 0 atom stereocenters. The van der Waals surface area contributed by atoms with Gasteiger partial charge in [-0.2, -0.15) is 0 Å². The van der Waals surface area contributed by atoms with Crippen molar-refractivity contribution in [1.82, 2.24) is 15.8 Å². The quantitative estimate of drug-likeness (QED) is 0.358. The number of guanidine groups is 1. The van der Waals surface area contributed by atoms with E-state index < -0.39 is 0 Å². The molecule has 1 aromatic heterocycles. The molecule has 1 aliphatic rings. The molecule has 1 aliphatic carbocycles. The number of hydrogen-bond donors (Lipinski definition) is 2. The highest BCUT2D eigenvalue weighted by molar-refractivity contribution is 14.0. The summed E-state index contributed by atoms with van der Waals surface area (Å²) in [7, 11) is 1.77. The van der Waals surface area contributed by atoms with Gasteiger partial charge in [0.25, 0.3) is 0 Å². The van der Waals surface area contributed by atoms with Crippen LogP contribution in [-0.2, 0) is 12.0 Å². The van der Waals surface area contributed by atoms with E-state index in [1.54, 1.807) is 7.05 Å². The van der Waals surface area contributed by atoms with Gasteiger partial charge in [0.15, 0.2) is 11.7 Å². The van der Waals surface area contributed by atoms with Crippen LogP contribution in [0.15, 0.2) is 39.8 Å². The van der Waals surface area contributed by atoms with Crippen LogP contribution in [0.1, 0.15) is 49.6 Å². The van der Waals surface area contributed by atoms with Gasteiger partial charge in [0.1, 0.15) is 0 Å². The number of hydrogen-bond acceptors (Lipinski definition) is 3. The van der Waals surface area contributed by atoms with Gasteiger partial charge >= 0.3 is 0 Å². The fourth-order valence-electron chi connectivity index (χ4n) is 2.87. The standard InChI is InChI=1S/C19H25ClN4O.HI/c1-13(2)17-10-16(25-24-17)11-22-18(21-3)23-12-19(7-8-19)14-5-4-6-15(20)9-14;/h4-6,9-10,13H,7-8,11-12H2,1-3H3,(H2,21,22,23);1H. The maximum atomic E-state index is 6.14. The molecule has 2 N–H and O–H groups in total. The predicted molar refractivity (Wildman–Crippen MR) is 117 cm³/mol. The van der Waals surface area contributed by atoms with Gasteiger partial charge in [0.2, 0.25) is 0 Å². The minimum atomic E-state index is 0. The molecule has 0 unspecified atom stereocenters. The predicted octanol–water partition coefficient (Wildman–Crippen LogP) is 4.47. The van der Waals surface area contributed by atoms with E-state index in [9.17, 15) is 0 Å². The van der Waals surface area contributed by atoms with Gasteiger partial charge in [-0.25, -0.2) is 0 Å². The number of benzene rings is 1. The van der Waals surface area contributed by atoms with Crippen molar-refractivity contribution in [3.63, 3.8) is 0 Å². The molecule has 142 valence electrons. The largest absolute Gasteiger partial charge is 0.359 e. The van der Waals surface area contributed by atoms with E-state index in [4.69, 9.17) is 16.1 Å².